The Bertz CT molecular complexity index is 819. The van der Waals surface area contributed by atoms with E-state index in [1.54, 1.807) is 12.1 Å². The number of aromatic amines is 1. The monoisotopic (exact) mass is 363 g/mol. The lowest BCUT2D eigenvalue weighted by Crippen LogP contribution is -3.11. The van der Waals surface area contributed by atoms with Crippen LogP contribution in [-0.4, -0.2) is 49.7 Å². The van der Waals surface area contributed by atoms with Crippen LogP contribution in [0.2, 0.25) is 0 Å². The van der Waals surface area contributed by atoms with Crippen LogP contribution in [-0.2, 0) is 11.3 Å². The first-order chi connectivity index (χ1) is 12.5. The van der Waals surface area contributed by atoms with E-state index in [1.807, 2.05) is 13.8 Å². The Morgan fingerprint density at radius 3 is 2.54 bits per heavy atom. The molecule has 0 spiro atoms. The number of quaternary nitrogens is 1. The summed E-state index contributed by atoms with van der Waals surface area (Å²) >= 11 is 0. The van der Waals surface area contributed by atoms with Gasteiger partial charge >= 0.3 is 0 Å². The van der Waals surface area contributed by atoms with E-state index in [1.165, 1.54) is 14.2 Å². The van der Waals surface area contributed by atoms with Gasteiger partial charge in [0.1, 0.15) is 6.54 Å². The van der Waals surface area contributed by atoms with Crippen LogP contribution >= 0.6 is 0 Å². The summed E-state index contributed by atoms with van der Waals surface area (Å²) in [5, 5.41) is 3.30. The third kappa shape index (κ3) is 4.72. The molecule has 1 atom stereocenters. The Kier molecular flexibility index (Phi) is 6.97. The highest BCUT2D eigenvalue weighted by Crippen LogP contribution is 2.29. The minimum absolute atomic E-state index is 0.00163. The van der Waals surface area contributed by atoms with Gasteiger partial charge in [0.25, 0.3) is 11.5 Å². The number of H-pyrrole nitrogens is 1. The summed E-state index contributed by atoms with van der Waals surface area (Å²) in [5.74, 6) is 1.53. The van der Waals surface area contributed by atoms with Crippen LogP contribution in [0.3, 0.4) is 0 Å². The average Bonchev–Trinajstić information content (AvgIpc) is 2.64. The Morgan fingerprint density at radius 2 is 1.92 bits per heavy atom. The molecule has 0 saturated heterocycles. The molecule has 1 aromatic heterocycles. The first-order valence-corrected chi connectivity index (χ1v) is 8.77. The number of hydrogen-bond acceptors (Lipinski definition) is 5. The topological polar surface area (TPSA) is 97.8 Å². The van der Waals surface area contributed by atoms with Crippen molar-refractivity contribution in [1.29, 1.82) is 0 Å². The number of rotatable bonds is 9. The van der Waals surface area contributed by atoms with Crippen LogP contribution in [0.25, 0.3) is 10.9 Å². The van der Waals surface area contributed by atoms with Crippen LogP contribution in [0.5, 0.6) is 11.5 Å². The molecular formula is C18H27N4O4+. The zero-order valence-corrected chi connectivity index (χ0v) is 15.8. The van der Waals surface area contributed by atoms with Gasteiger partial charge in [0.05, 0.1) is 31.7 Å². The van der Waals surface area contributed by atoms with Crippen molar-refractivity contribution in [2.75, 3.05) is 33.9 Å². The number of methoxy groups -OCH3 is 2. The van der Waals surface area contributed by atoms with Crippen molar-refractivity contribution in [2.45, 2.75) is 26.8 Å². The van der Waals surface area contributed by atoms with Crippen molar-refractivity contribution >= 4 is 16.8 Å². The minimum atomic E-state index is -0.239. The van der Waals surface area contributed by atoms with Crippen LogP contribution in [0.4, 0.5) is 0 Å². The predicted molar refractivity (Wildman–Crippen MR) is 98.8 cm³/mol. The first kappa shape index (κ1) is 19.7. The molecule has 1 heterocycles. The van der Waals surface area contributed by atoms with Crippen LogP contribution < -0.4 is 25.2 Å². The molecule has 2 aromatic rings. The molecule has 142 valence electrons. The zero-order chi connectivity index (χ0) is 19.1. The van der Waals surface area contributed by atoms with Crippen molar-refractivity contribution < 1.29 is 19.2 Å². The number of likely N-dealkylation sites (N-methyl/N-ethyl adjacent to an activating group) is 1. The number of nitrogens with one attached hydrogen (secondary N) is 3. The number of carbonyl (C=O) groups is 1. The quantitative estimate of drug-likeness (QED) is 0.577. The number of benzene rings is 1. The second-order valence-corrected chi connectivity index (χ2v) is 6.04. The van der Waals surface area contributed by atoms with Crippen molar-refractivity contribution in [1.82, 2.24) is 15.3 Å². The molecule has 8 heteroatoms. The van der Waals surface area contributed by atoms with E-state index in [0.717, 1.165) is 17.9 Å². The van der Waals surface area contributed by atoms with Gasteiger partial charge in [0, 0.05) is 12.6 Å². The van der Waals surface area contributed by atoms with Crippen LogP contribution in [0.1, 0.15) is 26.1 Å². The van der Waals surface area contributed by atoms with E-state index in [0.29, 0.717) is 47.9 Å². The van der Waals surface area contributed by atoms with Crippen molar-refractivity contribution in [2.24, 2.45) is 0 Å². The molecule has 1 unspecified atom stereocenters. The Morgan fingerprint density at radius 1 is 1.23 bits per heavy atom. The van der Waals surface area contributed by atoms with Crippen molar-refractivity contribution in [3.05, 3.63) is 28.3 Å². The van der Waals surface area contributed by atoms with Gasteiger partial charge in [-0.15, -0.1) is 0 Å². The highest BCUT2D eigenvalue weighted by atomic mass is 16.5. The third-order valence-corrected chi connectivity index (χ3v) is 4.16. The SMILES string of the molecule is CCCNC(=O)C[NH+](CC)Cc1nc2cc(OC)c(OC)cc2c(=O)[nH]1. The van der Waals surface area contributed by atoms with Gasteiger partial charge in [-0.1, -0.05) is 6.92 Å². The van der Waals surface area contributed by atoms with E-state index in [4.69, 9.17) is 9.47 Å². The summed E-state index contributed by atoms with van der Waals surface area (Å²) in [7, 11) is 3.06. The largest absolute Gasteiger partial charge is 0.493 e. The van der Waals surface area contributed by atoms with E-state index in [-0.39, 0.29) is 11.5 Å². The van der Waals surface area contributed by atoms with Crippen molar-refractivity contribution in [3.63, 3.8) is 0 Å². The molecule has 0 saturated carbocycles. The third-order valence-electron chi connectivity index (χ3n) is 4.16. The lowest BCUT2D eigenvalue weighted by Gasteiger charge is -2.17. The minimum Gasteiger partial charge on any atom is -0.493 e. The summed E-state index contributed by atoms with van der Waals surface area (Å²) in [6.07, 6.45) is 0.901. The maximum Gasteiger partial charge on any atom is 0.275 e. The smallest absolute Gasteiger partial charge is 0.275 e. The molecule has 0 radical (unpaired) electrons. The highest BCUT2D eigenvalue weighted by molar-refractivity contribution is 5.81. The number of amides is 1. The molecule has 1 aromatic carbocycles. The molecule has 0 aliphatic rings. The fraction of sp³-hybridized carbons (Fsp3) is 0.500. The fourth-order valence-corrected chi connectivity index (χ4v) is 2.70. The molecule has 26 heavy (non-hydrogen) atoms. The van der Waals surface area contributed by atoms with E-state index in [9.17, 15) is 9.59 Å². The maximum absolute atomic E-state index is 12.4. The number of fused-ring (bicyclic) bond motifs is 1. The summed E-state index contributed by atoms with van der Waals surface area (Å²) in [4.78, 5) is 32.7. The number of aromatic nitrogens is 2. The average molecular weight is 363 g/mol. The van der Waals surface area contributed by atoms with E-state index >= 15 is 0 Å². The van der Waals surface area contributed by atoms with Gasteiger partial charge < -0.3 is 24.7 Å². The number of ether oxygens (including phenoxy) is 2. The molecule has 0 fully saturated rings. The zero-order valence-electron chi connectivity index (χ0n) is 15.8. The lowest BCUT2D eigenvalue weighted by atomic mass is 10.2. The lowest BCUT2D eigenvalue weighted by molar-refractivity contribution is -0.904. The second kappa shape index (κ2) is 9.19. The van der Waals surface area contributed by atoms with Gasteiger partial charge in [-0.2, -0.15) is 0 Å². The second-order valence-electron chi connectivity index (χ2n) is 6.04. The molecule has 1 amide bonds. The van der Waals surface area contributed by atoms with Gasteiger partial charge in [-0.25, -0.2) is 4.98 Å². The number of nitrogens with zero attached hydrogens (tertiary/aromatic N) is 1. The number of carbonyl (C=O) groups excluding carboxylic acids is 1. The molecular weight excluding hydrogens is 336 g/mol. The normalized spacial score (nSPS) is 12.0. The van der Waals surface area contributed by atoms with Crippen LogP contribution in [0, 0.1) is 0 Å². The van der Waals surface area contributed by atoms with Gasteiger partial charge in [0.15, 0.2) is 23.9 Å². The molecule has 3 N–H and O–H groups in total. The number of hydrogen-bond donors (Lipinski definition) is 3. The summed E-state index contributed by atoms with van der Waals surface area (Å²) in [6, 6.07) is 3.30. The molecule has 8 nitrogen and oxygen atoms in total. The summed E-state index contributed by atoms with van der Waals surface area (Å²) < 4.78 is 10.5. The highest BCUT2D eigenvalue weighted by Gasteiger charge is 2.16. The Balaban J connectivity index is 2.26. The Labute approximate surface area is 152 Å². The van der Waals surface area contributed by atoms with Gasteiger partial charge in [0.2, 0.25) is 0 Å². The van der Waals surface area contributed by atoms with Gasteiger partial charge in [-0.3, -0.25) is 9.59 Å². The van der Waals surface area contributed by atoms with E-state index in [2.05, 4.69) is 15.3 Å². The molecule has 0 aliphatic carbocycles. The van der Waals surface area contributed by atoms with E-state index < -0.39 is 0 Å². The standard InChI is InChI=1S/C18H26N4O4/c1-5-7-19-17(23)11-22(6-2)10-16-20-13-9-15(26-4)14(25-3)8-12(13)18(24)21-16/h8-9H,5-7,10-11H2,1-4H3,(H,19,23)(H,20,21,24)/p+1. The molecule has 0 bridgehead atoms. The molecule has 2 rings (SSSR count). The first-order valence-electron chi connectivity index (χ1n) is 8.77. The Hall–Kier alpha value is -2.61. The predicted octanol–water partition coefficient (Wildman–Crippen LogP) is -0.129. The van der Waals surface area contributed by atoms with Gasteiger partial charge in [-0.05, 0) is 19.4 Å². The summed E-state index contributed by atoms with van der Waals surface area (Å²) in [6.45, 7) is 6.21. The van der Waals surface area contributed by atoms with Crippen molar-refractivity contribution in [3.8, 4) is 11.5 Å². The molecule has 0 aliphatic heterocycles. The van der Waals surface area contributed by atoms with Crippen LogP contribution in [0.15, 0.2) is 16.9 Å². The maximum atomic E-state index is 12.4. The summed E-state index contributed by atoms with van der Waals surface area (Å²) in [5.41, 5.74) is 0.295. The fourth-order valence-electron chi connectivity index (χ4n) is 2.70.